The Morgan fingerprint density at radius 3 is 2.57 bits per heavy atom. The highest BCUT2D eigenvalue weighted by Gasteiger charge is 2.10. The highest BCUT2D eigenvalue weighted by Crippen LogP contribution is 2.24. The van der Waals surface area contributed by atoms with Crippen molar-refractivity contribution in [1.82, 2.24) is 9.97 Å². The molecule has 2 rings (SSSR count). The highest BCUT2D eigenvalue weighted by atomic mass is 19.1. The van der Waals surface area contributed by atoms with Gasteiger partial charge in [0.05, 0.1) is 0 Å². The van der Waals surface area contributed by atoms with E-state index in [2.05, 4.69) is 27.5 Å². The molecule has 112 valence electrons. The molecule has 0 amide bonds. The van der Waals surface area contributed by atoms with Crippen molar-refractivity contribution in [2.45, 2.75) is 33.6 Å². The molecule has 0 aliphatic rings. The first-order valence-corrected chi connectivity index (χ1v) is 7.28. The Bertz CT molecular complexity index is 613. The van der Waals surface area contributed by atoms with Gasteiger partial charge < -0.3 is 10.6 Å². The SMILES string of the molecule is CCCNc1nc(CC)nc(Nc2cccc(F)c2)c1C. The summed E-state index contributed by atoms with van der Waals surface area (Å²) < 4.78 is 13.3. The molecule has 2 N–H and O–H groups in total. The molecule has 21 heavy (non-hydrogen) atoms. The number of halogens is 1. The van der Waals surface area contributed by atoms with Crippen LogP contribution >= 0.6 is 0 Å². The Hall–Kier alpha value is -2.17. The molecule has 0 unspecified atom stereocenters. The van der Waals surface area contributed by atoms with Crippen LogP contribution in [-0.4, -0.2) is 16.5 Å². The highest BCUT2D eigenvalue weighted by molar-refractivity contribution is 5.64. The van der Waals surface area contributed by atoms with E-state index >= 15 is 0 Å². The van der Waals surface area contributed by atoms with Gasteiger partial charge in [0.15, 0.2) is 0 Å². The van der Waals surface area contributed by atoms with Crippen molar-refractivity contribution in [2.24, 2.45) is 0 Å². The van der Waals surface area contributed by atoms with Crippen LogP contribution in [0.25, 0.3) is 0 Å². The Kier molecular flexibility index (Phi) is 5.09. The lowest BCUT2D eigenvalue weighted by Gasteiger charge is -2.14. The number of hydrogen-bond donors (Lipinski definition) is 2. The number of rotatable bonds is 6. The van der Waals surface area contributed by atoms with Crippen molar-refractivity contribution in [3.63, 3.8) is 0 Å². The number of aromatic nitrogens is 2. The lowest BCUT2D eigenvalue weighted by atomic mass is 10.2. The molecular formula is C16H21FN4. The molecule has 5 heteroatoms. The van der Waals surface area contributed by atoms with Gasteiger partial charge in [-0.1, -0.05) is 19.9 Å². The van der Waals surface area contributed by atoms with Gasteiger partial charge in [-0.2, -0.15) is 0 Å². The third kappa shape index (κ3) is 3.90. The molecule has 2 aromatic rings. The van der Waals surface area contributed by atoms with Crippen LogP contribution < -0.4 is 10.6 Å². The monoisotopic (exact) mass is 288 g/mol. The van der Waals surface area contributed by atoms with Crippen LogP contribution in [0, 0.1) is 12.7 Å². The van der Waals surface area contributed by atoms with E-state index in [9.17, 15) is 4.39 Å². The van der Waals surface area contributed by atoms with Crippen molar-refractivity contribution >= 4 is 17.3 Å². The van der Waals surface area contributed by atoms with Crippen molar-refractivity contribution in [2.75, 3.05) is 17.2 Å². The fraction of sp³-hybridized carbons (Fsp3) is 0.375. The molecule has 0 saturated heterocycles. The fourth-order valence-electron chi connectivity index (χ4n) is 1.96. The van der Waals surface area contributed by atoms with Crippen LogP contribution in [0.15, 0.2) is 24.3 Å². The maximum Gasteiger partial charge on any atom is 0.139 e. The third-order valence-corrected chi connectivity index (χ3v) is 3.14. The summed E-state index contributed by atoms with van der Waals surface area (Å²) in [7, 11) is 0. The van der Waals surface area contributed by atoms with E-state index in [0.717, 1.165) is 36.6 Å². The van der Waals surface area contributed by atoms with Crippen LogP contribution in [0.2, 0.25) is 0 Å². The predicted molar refractivity (Wildman–Crippen MR) is 84.6 cm³/mol. The first-order valence-electron chi connectivity index (χ1n) is 7.28. The average molecular weight is 288 g/mol. The lowest BCUT2D eigenvalue weighted by molar-refractivity contribution is 0.628. The summed E-state index contributed by atoms with van der Waals surface area (Å²) in [5.41, 5.74) is 1.62. The Balaban J connectivity index is 2.33. The van der Waals surface area contributed by atoms with E-state index in [1.54, 1.807) is 6.07 Å². The van der Waals surface area contributed by atoms with Gasteiger partial charge in [0.2, 0.25) is 0 Å². The van der Waals surface area contributed by atoms with E-state index in [1.807, 2.05) is 19.9 Å². The van der Waals surface area contributed by atoms with Crippen molar-refractivity contribution in [1.29, 1.82) is 0 Å². The van der Waals surface area contributed by atoms with E-state index in [0.29, 0.717) is 11.5 Å². The van der Waals surface area contributed by atoms with Gasteiger partial charge in [-0.05, 0) is 31.5 Å². The van der Waals surface area contributed by atoms with Crippen molar-refractivity contribution in [3.8, 4) is 0 Å². The summed E-state index contributed by atoms with van der Waals surface area (Å²) in [5.74, 6) is 2.04. The fourth-order valence-corrected chi connectivity index (χ4v) is 1.96. The van der Waals surface area contributed by atoms with Crippen LogP contribution in [0.3, 0.4) is 0 Å². The first-order chi connectivity index (χ1) is 10.1. The largest absolute Gasteiger partial charge is 0.370 e. The minimum Gasteiger partial charge on any atom is -0.370 e. The summed E-state index contributed by atoms with van der Waals surface area (Å²) >= 11 is 0. The van der Waals surface area contributed by atoms with Gasteiger partial charge in [-0.15, -0.1) is 0 Å². The van der Waals surface area contributed by atoms with E-state index in [4.69, 9.17) is 0 Å². The van der Waals surface area contributed by atoms with E-state index in [1.165, 1.54) is 12.1 Å². The van der Waals surface area contributed by atoms with E-state index < -0.39 is 0 Å². The molecular weight excluding hydrogens is 267 g/mol. The Morgan fingerprint density at radius 1 is 1.14 bits per heavy atom. The summed E-state index contributed by atoms with van der Waals surface area (Å²) in [4.78, 5) is 9.01. The molecule has 0 atom stereocenters. The molecule has 0 aliphatic heterocycles. The van der Waals surface area contributed by atoms with Gasteiger partial charge >= 0.3 is 0 Å². The van der Waals surface area contributed by atoms with Gasteiger partial charge in [0.1, 0.15) is 23.3 Å². The van der Waals surface area contributed by atoms with Gasteiger partial charge in [0, 0.05) is 24.2 Å². The topological polar surface area (TPSA) is 49.8 Å². The van der Waals surface area contributed by atoms with Crippen LogP contribution in [0.4, 0.5) is 21.7 Å². The smallest absolute Gasteiger partial charge is 0.139 e. The molecule has 0 fully saturated rings. The number of benzene rings is 1. The zero-order valence-electron chi connectivity index (χ0n) is 12.7. The maximum absolute atomic E-state index is 13.3. The Labute approximate surface area is 124 Å². The summed E-state index contributed by atoms with van der Waals surface area (Å²) in [5, 5.41) is 6.48. The van der Waals surface area contributed by atoms with Crippen molar-refractivity contribution < 1.29 is 4.39 Å². The summed E-state index contributed by atoms with van der Waals surface area (Å²) in [6, 6.07) is 6.36. The number of nitrogens with zero attached hydrogens (tertiary/aromatic N) is 2. The molecule has 1 aromatic heterocycles. The summed E-state index contributed by atoms with van der Waals surface area (Å²) in [6.07, 6.45) is 1.77. The lowest BCUT2D eigenvalue weighted by Crippen LogP contribution is -2.10. The second kappa shape index (κ2) is 7.02. The van der Waals surface area contributed by atoms with Crippen molar-refractivity contribution in [3.05, 3.63) is 41.5 Å². The predicted octanol–water partition coefficient (Wildman–Crippen LogP) is 4.05. The van der Waals surface area contributed by atoms with Crippen LogP contribution in [0.1, 0.15) is 31.7 Å². The minimum absolute atomic E-state index is 0.272. The van der Waals surface area contributed by atoms with Gasteiger partial charge in [-0.25, -0.2) is 14.4 Å². The quantitative estimate of drug-likeness (QED) is 0.842. The number of anilines is 3. The maximum atomic E-state index is 13.3. The molecule has 0 bridgehead atoms. The van der Waals surface area contributed by atoms with Crippen LogP contribution in [-0.2, 0) is 6.42 Å². The zero-order chi connectivity index (χ0) is 15.2. The second-order valence-electron chi connectivity index (χ2n) is 4.88. The zero-order valence-corrected chi connectivity index (χ0v) is 12.7. The third-order valence-electron chi connectivity index (χ3n) is 3.14. The minimum atomic E-state index is -0.272. The van der Waals surface area contributed by atoms with Gasteiger partial charge in [0.25, 0.3) is 0 Å². The second-order valence-corrected chi connectivity index (χ2v) is 4.88. The number of hydrogen-bond acceptors (Lipinski definition) is 4. The van der Waals surface area contributed by atoms with Gasteiger partial charge in [-0.3, -0.25) is 0 Å². The Morgan fingerprint density at radius 2 is 1.90 bits per heavy atom. The molecule has 0 radical (unpaired) electrons. The first kappa shape index (κ1) is 15.2. The standard InChI is InChI=1S/C16H21FN4/c1-4-9-18-15-11(3)16(21-14(5-2)20-15)19-13-8-6-7-12(17)10-13/h6-8,10H,4-5,9H2,1-3H3,(H2,18,19,20,21). The number of aryl methyl sites for hydroxylation is 1. The molecule has 0 saturated carbocycles. The van der Waals surface area contributed by atoms with Crippen LogP contribution in [0.5, 0.6) is 0 Å². The molecule has 0 spiro atoms. The molecule has 4 nitrogen and oxygen atoms in total. The molecule has 0 aliphatic carbocycles. The molecule has 1 aromatic carbocycles. The number of nitrogens with one attached hydrogen (secondary N) is 2. The summed E-state index contributed by atoms with van der Waals surface area (Å²) in [6.45, 7) is 6.94. The normalized spacial score (nSPS) is 10.5. The van der Waals surface area contributed by atoms with E-state index in [-0.39, 0.29) is 5.82 Å². The molecule has 1 heterocycles. The average Bonchev–Trinajstić information content (AvgIpc) is 2.48.